The Balaban J connectivity index is 2.00. The third-order valence-corrected chi connectivity index (χ3v) is 4.71. The Labute approximate surface area is 145 Å². The van der Waals surface area contributed by atoms with Crippen molar-refractivity contribution in [1.29, 1.82) is 0 Å². The van der Waals surface area contributed by atoms with Gasteiger partial charge in [0.2, 0.25) is 0 Å². The van der Waals surface area contributed by atoms with Crippen LogP contribution in [0.15, 0.2) is 66.7 Å². The Hall–Kier alpha value is -2.12. The minimum atomic E-state index is -0.285. The van der Waals surface area contributed by atoms with E-state index in [1.807, 2.05) is 0 Å². The first-order valence-corrected chi connectivity index (χ1v) is 8.77. The highest BCUT2D eigenvalue weighted by Crippen LogP contribution is 2.31. The molecule has 1 unspecified atom stereocenters. The van der Waals surface area contributed by atoms with Crippen molar-refractivity contribution in [1.82, 2.24) is 0 Å². The number of benzene rings is 3. The third kappa shape index (κ3) is 3.52. The maximum absolute atomic E-state index is 6.24. The summed E-state index contributed by atoms with van der Waals surface area (Å²) in [6.45, 7) is 8.60. The summed E-state index contributed by atoms with van der Waals surface area (Å²) >= 11 is 0. The highest BCUT2D eigenvalue weighted by molar-refractivity contribution is 5.88. The highest BCUT2D eigenvalue weighted by atomic mass is 16.5. The van der Waals surface area contributed by atoms with Crippen LogP contribution in [0.2, 0.25) is 0 Å². The van der Waals surface area contributed by atoms with Gasteiger partial charge in [0.15, 0.2) is 0 Å². The predicted octanol–water partition coefficient (Wildman–Crippen LogP) is 6.56. The molecule has 1 nitrogen and oxygen atoms in total. The molecule has 3 aromatic carbocycles. The molecule has 1 heteroatoms. The molecule has 0 aliphatic carbocycles. The first-order valence-electron chi connectivity index (χ1n) is 8.77. The lowest BCUT2D eigenvalue weighted by atomic mass is 9.93. The molecule has 0 spiro atoms. The summed E-state index contributed by atoms with van der Waals surface area (Å²) in [4.78, 5) is 0. The van der Waals surface area contributed by atoms with Crippen molar-refractivity contribution in [2.24, 2.45) is 0 Å². The zero-order chi connectivity index (χ0) is 17.2. The molecular weight excluding hydrogens is 292 g/mol. The van der Waals surface area contributed by atoms with Crippen LogP contribution in [0.4, 0.5) is 0 Å². The van der Waals surface area contributed by atoms with E-state index < -0.39 is 0 Å². The van der Waals surface area contributed by atoms with Crippen LogP contribution >= 0.6 is 0 Å². The van der Waals surface area contributed by atoms with Gasteiger partial charge < -0.3 is 4.74 Å². The van der Waals surface area contributed by atoms with Crippen molar-refractivity contribution in [3.63, 3.8) is 0 Å². The van der Waals surface area contributed by atoms with Crippen LogP contribution in [0, 0.1) is 0 Å². The van der Waals surface area contributed by atoms with E-state index in [0.717, 1.165) is 6.42 Å². The van der Waals surface area contributed by atoms with E-state index in [0.29, 0.717) is 0 Å². The summed E-state index contributed by atoms with van der Waals surface area (Å²) in [6.07, 6.45) is 1.28. The Morgan fingerprint density at radius 2 is 1.54 bits per heavy atom. The lowest BCUT2D eigenvalue weighted by molar-refractivity contribution is -0.0691. The Morgan fingerprint density at radius 3 is 2.25 bits per heavy atom. The van der Waals surface area contributed by atoms with E-state index in [2.05, 4.69) is 94.4 Å². The van der Waals surface area contributed by atoms with E-state index in [-0.39, 0.29) is 11.7 Å². The SMILES string of the molecule is CCC(C)OC(C)(C)c1ccc2ccc(-c3ccccc3)cc2c1. The first-order chi connectivity index (χ1) is 11.5. The van der Waals surface area contributed by atoms with Crippen LogP contribution in [0.3, 0.4) is 0 Å². The van der Waals surface area contributed by atoms with Gasteiger partial charge in [-0.15, -0.1) is 0 Å². The summed E-state index contributed by atoms with van der Waals surface area (Å²) in [5.41, 5.74) is 3.44. The Morgan fingerprint density at radius 1 is 0.833 bits per heavy atom. The molecule has 0 saturated heterocycles. The standard InChI is InChI=1S/C23H26O/c1-5-17(2)24-23(3,4)22-14-13-19-11-12-20(15-21(19)16-22)18-9-7-6-8-10-18/h6-17H,5H2,1-4H3. The van der Waals surface area contributed by atoms with Gasteiger partial charge in [-0.05, 0) is 66.8 Å². The van der Waals surface area contributed by atoms with Gasteiger partial charge in [-0.3, -0.25) is 0 Å². The average Bonchev–Trinajstić information content (AvgIpc) is 2.61. The normalized spacial score (nSPS) is 13.2. The van der Waals surface area contributed by atoms with Crippen molar-refractivity contribution in [2.45, 2.75) is 45.8 Å². The molecule has 3 rings (SSSR count). The second kappa shape index (κ2) is 6.78. The summed E-state index contributed by atoms with van der Waals surface area (Å²) in [6, 6.07) is 23.8. The fourth-order valence-corrected chi connectivity index (χ4v) is 3.09. The van der Waals surface area contributed by atoms with Gasteiger partial charge in [0.05, 0.1) is 11.7 Å². The van der Waals surface area contributed by atoms with Gasteiger partial charge >= 0.3 is 0 Å². The highest BCUT2D eigenvalue weighted by Gasteiger charge is 2.23. The number of hydrogen-bond donors (Lipinski definition) is 0. The number of hydrogen-bond acceptors (Lipinski definition) is 1. The van der Waals surface area contributed by atoms with Gasteiger partial charge in [-0.25, -0.2) is 0 Å². The lowest BCUT2D eigenvalue weighted by Crippen LogP contribution is -2.26. The summed E-state index contributed by atoms with van der Waals surface area (Å²) in [5.74, 6) is 0. The molecule has 0 aromatic heterocycles. The topological polar surface area (TPSA) is 9.23 Å². The van der Waals surface area contributed by atoms with Crippen molar-refractivity contribution in [3.05, 3.63) is 72.3 Å². The fourth-order valence-electron chi connectivity index (χ4n) is 3.09. The summed E-state index contributed by atoms with van der Waals surface area (Å²) in [5, 5.41) is 2.52. The van der Waals surface area contributed by atoms with E-state index >= 15 is 0 Å². The molecule has 0 amide bonds. The van der Waals surface area contributed by atoms with E-state index in [4.69, 9.17) is 4.74 Å². The maximum Gasteiger partial charge on any atom is 0.0879 e. The molecule has 0 aliphatic rings. The number of rotatable bonds is 5. The van der Waals surface area contributed by atoms with Crippen LogP contribution in [-0.4, -0.2) is 6.10 Å². The minimum absolute atomic E-state index is 0.256. The van der Waals surface area contributed by atoms with E-state index in [9.17, 15) is 0 Å². The molecule has 0 saturated carbocycles. The monoisotopic (exact) mass is 318 g/mol. The van der Waals surface area contributed by atoms with Gasteiger partial charge in [-0.2, -0.15) is 0 Å². The van der Waals surface area contributed by atoms with Gasteiger partial charge in [0.25, 0.3) is 0 Å². The zero-order valence-electron chi connectivity index (χ0n) is 15.0. The second-order valence-electron chi connectivity index (χ2n) is 6.99. The number of fused-ring (bicyclic) bond motifs is 1. The molecule has 3 aromatic rings. The smallest absolute Gasteiger partial charge is 0.0879 e. The molecular formula is C23H26O. The lowest BCUT2D eigenvalue weighted by Gasteiger charge is -2.29. The molecule has 0 heterocycles. The van der Waals surface area contributed by atoms with Gasteiger partial charge in [0.1, 0.15) is 0 Å². The molecule has 0 radical (unpaired) electrons. The van der Waals surface area contributed by atoms with Crippen LogP contribution in [-0.2, 0) is 10.3 Å². The average molecular weight is 318 g/mol. The van der Waals surface area contributed by atoms with Crippen molar-refractivity contribution < 1.29 is 4.74 Å². The minimum Gasteiger partial charge on any atom is -0.368 e. The van der Waals surface area contributed by atoms with Crippen molar-refractivity contribution in [3.8, 4) is 11.1 Å². The molecule has 0 aliphatic heterocycles. The maximum atomic E-state index is 6.24. The molecule has 0 N–H and O–H groups in total. The number of ether oxygens (including phenoxy) is 1. The first kappa shape index (κ1) is 16.7. The van der Waals surface area contributed by atoms with Gasteiger partial charge in [-0.1, -0.05) is 61.5 Å². The summed E-state index contributed by atoms with van der Waals surface area (Å²) < 4.78 is 6.24. The van der Waals surface area contributed by atoms with Crippen LogP contribution in [0.5, 0.6) is 0 Å². The summed E-state index contributed by atoms with van der Waals surface area (Å²) in [7, 11) is 0. The molecule has 24 heavy (non-hydrogen) atoms. The second-order valence-corrected chi connectivity index (χ2v) is 6.99. The fraction of sp³-hybridized carbons (Fsp3) is 0.304. The van der Waals surface area contributed by atoms with E-state index in [1.165, 1.54) is 27.5 Å². The quantitative estimate of drug-likeness (QED) is 0.518. The molecule has 0 fully saturated rings. The van der Waals surface area contributed by atoms with Crippen LogP contribution in [0.1, 0.15) is 39.7 Å². The zero-order valence-corrected chi connectivity index (χ0v) is 15.0. The molecule has 1 atom stereocenters. The predicted molar refractivity (Wildman–Crippen MR) is 103 cm³/mol. The van der Waals surface area contributed by atoms with Gasteiger partial charge in [0, 0.05) is 0 Å². The van der Waals surface area contributed by atoms with Crippen LogP contribution in [0.25, 0.3) is 21.9 Å². The van der Waals surface area contributed by atoms with Crippen LogP contribution < -0.4 is 0 Å². The van der Waals surface area contributed by atoms with Crippen molar-refractivity contribution >= 4 is 10.8 Å². The van der Waals surface area contributed by atoms with E-state index in [1.54, 1.807) is 0 Å². The Kier molecular flexibility index (Phi) is 4.73. The molecule has 124 valence electrons. The Bertz CT molecular complexity index is 818. The largest absolute Gasteiger partial charge is 0.368 e. The van der Waals surface area contributed by atoms with Crippen molar-refractivity contribution in [2.75, 3.05) is 0 Å². The third-order valence-electron chi connectivity index (χ3n) is 4.71. The molecule has 0 bridgehead atoms.